The van der Waals surface area contributed by atoms with E-state index in [1.54, 1.807) is 20.1 Å². The summed E-state index contributed by atoms with van der Waals surface area (Å²) in [7, 11) is 0. The first-order valence-corrected chi connectivity index (χ1v) is 10.6. The summed E-state index contributed by atoms with van der Waals surface area (Å²) < 4.78 is 0. The standard InChI is InChI=1S/C17H31N5O7S/c1-8(2)13(19)16(27)21-10(6-12(18)24)15(26)20-9(4-5-30-3)14(25)22-11(7-23)17(28)29/h8-11,13,23H,4-7,19H2,1-3H3,(H2,18,24)(H,20,26)(H,21,27)(H,22,25)(H,28,29). The van der Waals surface area contributed by atoms with Crippen molar-refractivity contribution < 1.29 is 34.2 Å². The van der Waals surface area contributed by atoms with Gasteiger partial charge >= 0.3 is 5.97 Å². The number of carboxylic acids is 1. The Morgan fingerprint density at radius 2 is 1.43 bits per heavy atom. The molecule has 4 atom stereocenters. The number of carbonyl (C=O) groups is 5. The second kappa shape index (κ2) is 13.8. The Morgan fingerprint density at radius 1 is 0.933 bits per heavy atom. The Kier molecular flexibility index (Phi) is 12.7. The molecule has 12 nitrogen and oxygen atoms in total. The van der Waals surface area contributed by atoms with Crippen molar-refractivity contribution in [2.24, 2.45) is 17.4 Å². The number of aliphatic hydroxyl groups excluding tert-OH is 1. The maximum atomic E-state index is 12.6. The van der Waals surface area contributed by atoms with Crippen LogP contribution in [0.25, 0.3) is 0 Å². The summed E-state index contributed by atoms with van der Waals surface area (Å²) in [6, 6.07) is -5.00. The number of nitrogens with two attached hydrogens (primary N) is 2. The highest BCUT2D eigenvalue weighted by Crippen LogP contribution is 2.05. The smallest absolute Gasteiger partial charge is 0.328 e. The molecule has 0 spiro atoms. The number of nitrogens with one attached hydrogen (secondary N) is 3. The topological polar surface area (TPSA) is 214 Å². The van der Waals surface area contributed by atoms with Gasteiger partial charge in [-0.3, -0.25) is 19.2 Å². The van der Waals surface area contributed by atoms with Crippen molar-refractivity contribution in [1.82, 2.24) is 16.0 Å². The molecular weight excluding hydrogens is 418 g/mol. The lowest BCUT2D eigenvalue weighted by atomic mass is 10.0. The van der Waals surface area contributed by atoms with Crippen LogP contribution in [0, 0.1) is 5.92 Å². The van der Waals surface area contributed by atoms with Crippen LogP contribution in [0.15, 0.2) is 0 Å². The Morgan fingerprint density at radius 3 is 1.87 bits per heavy atom. The summed E-state index contributed by atoms with van der Waals surface area (Å²) in [5, 5.41) is 24.9. The zero-order valence-electron chi connectivity index (χ0n) is 17.2. The van der Waals surface area contributed by atoms with Crippen molar-refractivity contribution in [1.29, 1.82) is 0 Å². The number of carbonyl (C=O) groups excluding carboxylic acids is 4. The van der Waals surface area contributed by atoms with Gasteiger partial charge in [0.05, 0.1) is 19.1 Å². The van der Waals surface area contributed by atoms with Gasteiger partial charge in [-0.05, 0) is 24.3 Å². The molecule has 0 aliphatic heterocycles. The lowest BCUT2D eigenvalue weighted by molar-refractivity contribution is -0.143. The van der Waals surface area contributed by atoms with Gasteiger partial charge in [-0.25, -0.2) is 4.79 Å². The molecule has 0 aromatic carbocycles. The predicted molar refractivity (Wildman–Crippen MR) is 110 cm³/mol. The molecule has 0 aliphatic rings. The van der Waals surface area contributed by atoms with E-state index in [0.29, 0.717) is 5.75 Å². The molecule has 4 amide bonds. The SMILES string of the molecule is CSCCC(NC(=O)C(CC(N)=O)NC(=O)C(N)C(C)C)C(=O)NC(CO)C(=O)O. The van der Waals surface area contributed by atoms with Crippen LogP contribution >= 0.6 is 11.8 Å². The highest BCUT2D eigenvalue weighted by molar-refractivity contribution is 7.98. The number of hydrogen-bond acceptors (Lipinski definition) is 8. The fourth-order valence-corrected chi connectivity index (χ4v) is 2.69. The van der Waals surface area contributed by atoms with Crippen molar-refractivity contribution in [3.63, 3.8) is 0 Å². The van der Waals surface area contributed by atoms with E-state index in [9.17, 15) is 24.0 Å². The maximum Gasteiger partial charge on any atom is 0.328 e. The predicted octanol–water partition coefficient (Wildman–Crippen LogP) is -2.87. The molecule has 0 saturated heterocycles. The van der Waals surface area contributed by atoms with Crippen molar-refractivity contribution in [3.05, 3.63) is 0 Å². The number of aliphatic carboxylic acids is 1. The Hall–Kier alpha value is -2.38. The molecule has 4 unspecified atom stereocenters. The molecule has 0 bridgehead atoms. The summed E-state index contributed by atoms with van der Waals surface area (Å²) in [5.74, 6) is -4.43. The number of amides is 4. The zero-order chi connectivity index (χ0) is 23.4. The number of thioether (sulfide) groups is 1. The number of primary amides is 1. The van der Waals surface area contributed by atoms with Crippen LogP contribution in [0.4, 0.5) is 0 Å². The van der Waals surface area contributed by atoms with E-state index >= 15 is 0 Å². The Labute approximate surface area is 178 Å². The van der Waals surface area contributed by atoms with E-state index in [1.807, 2.05) is 0 Å². The highest BCUT2D eigenvalue weighted by atomic mass is 32.2. The van der Waals surface area contributed by atoms with Crippen molar-refractivity contribution in [3.8, 4) is 0 Å². The van der Waals surface area contributed by atoms with Gasteiger partial charge < -0.3 is 37.6 Å². The lowest BCUT2D eigenvalue weighted by Crippen LogP contribution is -2.58. The molecule has 13 heteroatoms. The summed E-state index contributed by atoms with van der Waals surface area (Å²) in [6.07, 6.45) is 1.39. The van der Waals surface area contributed by atoms with Gasteiger partial charge in [-0.1, -0.05) is 13.8 Å². The summed E-state index contributed by atoms with van der Waals surface area (Å²) in [4.78, 5) is 59.6. The second-order valence-electron chi connectivity index (χ2n) is 6.93. The van der Waals surface area contributed by atoms with E-state index in [1.165, 1.54) is 11.8 Å². The quantitative estimate of drug-likeness (QED) is 0.145. The monoisotopic (exact) mass is 449 g/mol. The molecule has 0 radical (unpaired) electrons. The molecule has 0 heterocycles. The van der Waals surface area contributed by atoms with Gasteiger partial charge in [0, 0.05) is 0 Å². The van der Waals surface area contributed by atoms with E-state index in [4.69, 9.17) is 21.7 Å². The van der Waals surface area contributed by atoms with E-state index in [0.717, 1.165) is 0 Å². The third-order valence-corrected chi connectivity index (χ3v) is 4.74. The third-order valence-electron chi connectivity index (χ3n) is 4.10. The van der Waals surface area contributed by atoms with Crippen LogP contribution < -0.4 is 27.4 Å². The molecule has 30 heavy (non-hydrogen) atoms. The molecule has 0 rings (SSSR count). The average molecular weight is 450 g/mol. The van der Waals surface area contributed by atoms with Crippen molar-refractivity contribution >= 4 is 41.4 Å². The normalized spacial score (nSPS) is 14.9. The van der Waals surface area contributed by atoms with Gasteiger partial charge in [0.15, 0.2) is 0 Å². The summed E-state index contributed by atoms with van der Waals surface area (Å²) in [5.41, 5.74) is 10.9. The minimum absolute atomic E-state index is 0.138. The third kappa shape index (κ3) is 9.89. The Balaban J connectivity index is 5.40. The van der Waals surface area contributed by atoms with Crippen molar-refractivity contribution in [2.75, 3.05) is 18.6 Å². The Bertz CT molecular complexity index is 632. The molecule has 0 aromatic rings. The molecule has 0 aliphatic carbocycles. The number of rotatable bonds is 14. The first kappa shape index (κ1) is 27.6. The van der Waals surface area contributed by atoms with Crippen LogP contribution in [-0.4, -0.2) is 82.6 Å². The molecule has 0 fully saturated rings. The molecule has 9 N–H and O–H groups in total. The van der Waals surface area contributed by atoms with Gasteiger partial charge in [-0.2, -0.15) is 11.8 Å². The maximum absolute atomic E-state index is 12.6. The van der Waals surface area contributed by atoms with E-state index in [-0.39, 0.29) is 12.3 Å². The summed E-state index contributed by atoms with van der Waals surface area (Å²) >= 11 is 1.38. The van der Waals surface area contributed by atoms with E-state index < -0.39 is 66.8 Å². The van der Waals surface area contributed by atoms with Crippen LogP contribution in [0.2, 0.25) is 0 Å². The molecule has 172 valence electrons. The van der Waals surface area contributed by atoms with E-state index in [2.05, 4.69) is 16.0 Å². The fourth-order valence-electron chi connectivity index (χ4n) is 2.22. The average Bonchev–Trinajstić information content (AvgIpc) is 2.66. The zero-order valence-corrected chi connectivity index (χ0v) is 18.0. The van der Waals surface area contributed by atoms with Crippen molar-refractivity contribution in [2.45, 2.75) is 50.9 Å². The van der Waals surface area contributed by atoms with Crippen LogP contribution in [0.5, 0.6) is 0 Å². The number of carboxylic acid groups (broad SMARTS) is 1. The van der Waals surface area contributed by atoms with Crippen LogP contribution in [-0.2, 0) is 24.0 Å². The van der Waals surface area contributed by atoms with Crippen LogP contribution in [0.3, 0.4) is 0 Å². The van der Waals surface area contributed by atoms with Crippen LogP contribution in [0.1, 0.15) is 26.7 Å². The highest BCUT2D eigenvalue weighted by Gasteiger charge is 2.31. The second-order valence-corrected chi connectivity index (χ2v) is 7.91. The molecule has 0 saturated carbocycles. The van der Waals surface area contributed by atoms with Gasteiger partial charge in [-0.15, -0.1) is 0 Å². The first-order chi connectivity index (χ1) is 13.9. The minimum atomic E-state index is -1.55. The lowest BCUT2D eigenvalue weighted by Gasteiger charge is -2.25. The van der Waals surface area contributed by atoms with Gasteiger partial charge in [0.1, 0.15) is 18.1 Å². The first-order valence-electron chi connectivity index (χ1n) is 9.22. The van der Waals surface area contributed by atoms with Gasteiger partial charge in [0.25, 0.3) is 0 Å². The molecular formula is C17H31N5O7S. The number of aliphatic hydroxyl groups is 1. The minimum Gasteiger partial charge on any atom is -0.480 e. The van der Waals surface area contributed by atoms with Gasteiger partial charge in [0.2, 0.25) is 23.6 Å². The summed E-state index contributed by atoms with van der Waals surface area (Å²) in [6.45, 7) is 2.57. The fraction of sp³-hybridized carbons (Fsp3) is 0.706. The number of hydrogen-bond donors (Lipinski definition) is 7. The largest absolute Gasteiger partial charge is 0.480 e. The molecule has 0 aromatic heterocycles.